The molecule has 2 aromatic carbocycles. The van der Waals surface area contributed by atoms with Gasteiger partial charge in [0.25, 0.3) is 0 Å². The summed E-state index contributed by atoms with van der Waals surface area (Å²) in [7, 11) is 3.43. The number of likely N-dealkylation sites (tertiary alicyclic amines) is 1. The number of nitrogens with one attached hydrogen (secondary N) is 2. The molecule has 2 amide bonds. The molecule has 1 aliphatic heterocycles. The second-order valence-corrected chi connectivity index (χ2v) is 10.2. The summed E-state index contributed by atoms with van der Waals surface area (Å²) in [4.78, 5) is 14.7. The second-order valence-electron chi connectivity index (χ2n) is 10.2. The third-order valence-electron chi connectivity index (χ3n) is 7.19. The average molecular weight is 552 g/mol. The second kappa shape index (κ2) is 14.0. The van der Waals surface area contributed by atoms with Crippen molar-refractivity contribution in [1.29, 1.82) is 0 Å². The van der Waals surface area contributed by atoms with Gasteiger partial charge in [-0.15, -0.1) is 0 Å². The topological polar surface area (TPSA) is 83.1 Å². The lowest BCUT2D eigenvalue weighted by Gasteiger charge is -2.43. The molecule has 3 atom stereocenters. The zero-order valence-corrected chi connectivity index (χ0v) is 22.9. The van der Waals surface area contributed by atoms with E-state index in [1.807, 2.05) is 14.0 Å². The third kappa shape index (κ3) is 8.09. The van der Waals surface area contributed by atoms with Crippen LogP contribution in [0.5, 0.6) is 11.5 Å². The maximum absolute atomic E-state index is 13.7. The Labute approximate surface area is 228 Å². The van der Waals surface area contributed by atoms with E-state index in [9.17, 15) is 23.1 Å². The van der Waals surface area contributed by atoms with Crippen LogP contribution < -0.4 is 15.4 Å². The van der Waals surface area contributed by atoms with Gasteiger partial charge in [0.15, 0.2) is 0 Å². The molecule has 1 fully saturated rings. The number of amides is 2. The maximum Gasteiger partial charge on any atom is 0.419 e. The number of carbonyl (C=O) groups is 1. The Kier molecular flexibility index (Phi) is 11.0. The number of rotatable bonds is 12. The Morgan fingerprint density at radius 1 is 1.10 bits per heavy atom. The van der Waals surface area contributed by atoms with Crippen molar-refractivity contribution in [1.82, 2.24) is 15.5 Å². The van der Waals surface area contributed by atoms with E-state index in [1.165, 1.54) is 18.2 Å². The van der Waals surface area contributed by atoms with E-state index in [4.69, 9.17) is 9.47 Å². The van der Waals surface area contributed by atoms with Crippen molar-refractivity contribution in [2.75, 3.05) is 40.4 Å². The molecule has 0 aliphatic carbocycles. The molecular formula is C29H40F3N3O4. The summed E-state index contributed by atoms with van der Waals surface area (Å²) in [5, 5.41) is 18.4. The highest BCUT2D eigenvalue weighted by molar-refractivity contribution is 5.74. The molecule has 0 radical (unpaired) electrons. The fourth-order valence-corrected chi connectivity index (χ4v) is 5.23. The van der Waals surface area contributed by atoms with Crippen molar-refractivity contribution in [3.05, 3.63) is 59.7 Å². The van der Waals surface area contributed by atoms with Gasteiger partial charge in [0, 0.05) is 50.9 Å². The Bertz CT molecular complexity index is 1070. The molecule has 1 saturated heterocycles. The first-order valence-corrected chi connectivity index (χ1v) is 13.4. The number of aliphatic hydroxyl groups is 1. The Morgan fingerprint density at radius 2 is 1.74 bits per heavy atom. The molecule has 0 aromatic heterocycles. The number of nitrogens with zero attached hydrogens (tertiary/aromatic N) is 1. The highest BCUT2D eigenvalue weighted by Gasteiger charge is 2.43. The van der Waals surface area contributed by atoms with Crippen molar-refractivity contribution in [2.45, 2.75) is 56.8 Å². The largest absolute Gasteiger partial charge is 0.456 e. The van der Waals surface area contributed by atoms with Crippen molar-refractivity contribution >= 4 is 6.03 Å². The normalized spacial score (nSPS) is 18.3. The molecule has 1 aliphatic rings. The van der Waals surface area contributed by atoms with Gasteiger partial charge >= 0.3 is 12.2 Å². The van der Waals surface area contributed by atoms with Gasteiger partial charge in [-0.05, 0) is 64.3 Å². The number of unbranched alkanes of at least 4 members (excludes halogenated alkanes) is 1. The lowest BCUT2D eigenvalue weighted by Crippen LogP contribution is -2.53. The number of ether oxygens (including phenoxy) is 2. The summed E-state index contributed by atoms with van der Waals surface area (Å²) in [6, 6.07) is 11.5. The summed E-state index contributed by atoms with van der Waals surface area (Å²) in [6.45, 7) is 3.93. The van der Waals surface area contributed by atoms with Crippen molar-refractivity contribution < 1.29 is 32.5 Å². The highest BCUT2D eigenvalue weighted by Crippen LogP contribution is 2.45. The molecule has 0 spiro atoms. The van der Waals surface area contributed by atoms with E-state index in [0.29, 0.717) is 63.9 Å². The van der Waals surface area contributed by atoms with E-state index in [2.05, 4.69) is 10.6 Å². The number of urea groups is 1. The molecule has 2 aromatic rings. The zero-order chi connectivity index (χ0) is 28.5. The van der Waals surface area contributed by atoms with E-state index in [1.54, 1.807) is 36.3 Å². The molecule has 10 heteroatoms. The Hall–Kier alpha value is -2.82. The predicted molar refractivity (Wildman–Crippen MR) is 144 cm³/mol. The average Bonchev–Trinajstić information content (AvgIpc) is 2.91. The number of benzene rings is 2. The van der Waals surface area contributed by atoms with Crippen LogP contribution in [-0.4, -0.2) is 62.5 Å². The molecule has 7 nitrogen and oxygen atoms in total. The Balaban J connectivity index is 1.94. The van der Waals surface area contributed by atoms with Crippen LogP contribution in [0.1, 0.15) is 50.2 Å². The standard InChI is InChI=1S/C29H40F3N3O4/c1-21(19-33-2)34-27(36)35-17-10-11-22(20-35)28(37,16-8-9-18-38-3)23-12-4-6-14-25(23)39-26-15-7-5-13-24(26)29(30,31)32/h4-7,12-15,21-22,33,37H,8-11,16-20H2,1-3H3,(H,34,36)/t21?,22-,28+/m1/s1. The maximum atomic E-state index is 13.7. The lowest BCUT2D eigenvalue weighted by atomic mass is 9.73. The number of halogens is 3. The van der Waals surface area contributed by atoms with Crippen LogP contribution in [0, 0.1) is 5.92 Å². The van der Waals surface area contributed by atoms with Gasteiger partial charge in [-0.2, -0.15) is 13.2 Å². The fraction of sp³-hybridized carbons (Fsp3) is 0.552. The van der Waals surface area contributed by atoms with Crippen LogP contribution in [0.15, 0.2) is 48.5 Å². The first-order chi connectivity index (χ1) is 18.6. The van der Waals surface area contributed by atoms with Crippen LogP contribution in [0.3, 0.4) is 0 Å². The van der Waals surface area contributed by atoms with Gasteiger partial charge in [0.05, 0.1) is 11.2 Å². The van der Waals surface area contributed by atoms with Gasteiger partial charge in [-0.3, -0.25) is 0 Å². The SMILES string of the molecule is CNCC(C)NC(=O)N1CCC[C@@H]([C@@](O)(CCCCOC)c2ccccc2Oc2ccccc2C(F)(F)F)C1. The smallest absolute Gasteiger partial charge is 0.419 e. The molecule has 1 unspecified atom stereocenters. The number of hydrogen-bond acceptors (Lipinski definition) is 5. The first kappa shape index (κ1) is 30.7. The summed E-state index contributed by atoms with van der Waals surface area (Å²) >= 11 is 0. The van der Waals surface area contributed by atoms with Crippen LogP contribution in [0.4, 0.5) is 18.0 Å². The molecule has 1 heterocycles. The quantitative estimate of drug-likeness (QED) is 0.302. The minimum Gasteiger partial charge on any atom is -0.456 e. The molecule has 3 rings (SSSR count). The van der Waals surface area contributed by atoms with Crippen molar-refractivity contribution in [3.8, 4) is 11.5 Å². The molecule has 0 bridgehead atoms. The highest BCUT2D eigenvalue weighted by atomic mass is 19.4. The van der Waals surface area contributed by atoms with Gasteiger partial charge in [-0.1, -0.05) is 30.3 Å². The molecule has 39 heavy (non-hydrogen) atoms. The van der Waals surface area contributed by atoms with Gasteiger partial charge < -0.3 is 30.1 Å². The van der Waals surface area contributed by atoms with Crippen molar-refractivity contribution in [2.24, 2.45) is 5.92 Å². The van der Waals surface area contributed by atoms with Gasteiger partial charge in [0.2, 0.25) is 0 Å². The minimum absolute atomic E-state index is 0.0707. The van der Waals surface area contributed by atoms with Gasteiger partial charge in [0.1, 0.15) is 11.5 Å². The van der Waals surface area contributed by atoms with E-state index in [-0.39, 0.29) is 29.5 Å². The van der Waals surface area contributed by atoms with Crippen LogP contribution in [0.2, 0.25) is 0 Å². The Morgan fingerprint density at radius 3 is 2.38 bits per heavy atom. The number of likely N-dealkylation sites (N-methyl/N-ethyl adjacent to an activating group) is 1. The summed E-state index contributed by atoms with van der Waals surface area (Å²) in [5.41, 5.74) is -1.91. The van der Waals surface area contributed by atoms with Crippen LogP contribution in [-0.2, 0) is 16.5 Å². The lowest BCUT2D eigenvalue weighted by molar-refractivity contribution is -0.138. The van der Waals surface area contributed by atoms with Crippen LogP contribution in [0.25, 0.3) is 0 Å². The number of piperidine rings is 1. The number of carbonyl (C=O) groups excluding carboxylic acids is 1. The molecule has 3 N–H and O–H groups in total. The van der Waals surface area contributed by atoms with E-state index >= 15 is 0 Å². The van der Waals surface area contributed by atoms with Crippen molar-refractivity contribution in [3.63, 3.8) is 0 Å². The monoisotopic (exact) mass is 551 g/mol. The number of alkyl halides is 3. The van der Waals surface area contributed by atoms with E-state index < -0.39 is 17.3 Å². The summed E-state index contributed by atoms with van der Waals surface area (Å²) in [6.07, 6.45) is -1.57. The molecular weight excluding hydrogens is 511 g/mol. The van der Waals surface area contributed by atoms with Gasteiger partial charge in [-0.25, -0.2) is 4.79 Å². The molecule has 216 valence electrons. The predicted octanol–water partition coefficient (Wildman–Crippen LogP) is 5.53. The fourth-order valence-electron chi connectivity index (χ4n) is 5.23. The number of hydrogen-bond donors (Lipinski definition) is 3. The first-order valence-electron chi connectivity index (χ1n) is 13.4. The summed E-state index contributed by atoms with van der Waals surface area (Å²) < 4.78 is 52.1. The molecule has 0 saturated carbocycles. The third-order valence-corrected chi connectivity index (χ3v) is 7.19. The van der Waals surface area contributed by atoms with E-state index in [0.717, 1.165) is 6.07 Å². The number of methoxy groups -OCH3 is 1. The van der Waals surface area contributed by atoms with Crippen LogP contribution >= 0.6 is 0 Å². The number of para-hydroxylation sites is 2. The minimum atomic E-state index is -4.59. The zero-order valence-electron chi connectivity index (χ0n) is 22.9. The summed E-state index contributed by atoms with van der Waals surface area (Å²) in [5.74, 6) is -0.517.